The van der Waals surface area contributed by atoms with Gasteiger partial charge in [-0.1, -0.05) is 37.6 Å². The Kier molecular flexibility index (Phi) is 5.31. The summed E-state index contributed by atoms with van der Waals surface area (Å²) in [6.07, 6.45) is 5.58. The topological polar surface area (TPSA) is 20.2 Å². The second-order valence-electron chi connectivity index (χ2n) is 3.75. The van der Waals surface area contributed by atoms with Crippen molar-refractivity contribution in [2.24, 2.45) is 0 Å². The minimum atomic E-state index is 0.289. The van der Waals surface area contributed by atoms with E-state index in [1.165, 1.54) is 30.4 Å². The Morgan fingerprint density at radius 2 is 1.43 bits per heavy atom. The average molecular weight is 192 g/mol. The van der Waals surface area contributed by atoms with Crippen LogP contribution in [0.3, 0.4) is 0 Å². The van der Waals surface area contributed by atoms with Crippen molar-refractivity contribution in [1.82, 2.24) is 0 Å². The van der Waals surface area contributed by atoms with E-state index < -0.39 is 0 Å². The molecule has 1 N–H and O–H groups in total. The first-order chi connectivity index (χ1) is 6.86. The quantitative estimate of drug-likeness (QED) is 0.734. The third-order valence-electron chi connectivity index (χ3n) is 2.47. The molecular formula is C13H20O. The molecule has 0 aliphatic heterocycles. The Hall–Kier alpha value is -0.820. The SMILES string of the molecule is CCCCc1ccc(CCCO)cc1. The van der Waals surface area contributed by atoms with E-state index in [2.05, 4.69) is 31.2 Å². The van der Waals surface area contributed by atoms with Gasteiger partial charge in [-0.2, -0.15) is 0 Å². The molecule has 0 aromatic heterocycles. The maximum Gasteiger partial charge on any atom is 0.0434 e. The Bertz CT molecular complexity index is 211. The highest BCUT2D eigenvalue weighted by molar-refractivity contribution is 5.22. The van der Waals surface area contributed by atoms with Crippen LogP contribution in [0.25, 0.3) is 0 Å². The lowest BCUT2D eigenvalue weighted by molar-refractivity contribution is 0.288. The number of rotatable bonds is 6. The van der Waals surface area contributed by atoms with Crippen LogP contribution < -0.4 is 0 Å². The largest absolute Gasteiger partial charge is 0.396 e. The number of benzene rings is 1. The summed E-state index contributed by atoms with van der Waals surface area (Å²) in [4.78, 5) is 0. The predicted molar refractivity (Wildman–Crippen MR) is 60.5 cm³/mol. The van der Waals surface area contributed by atoms with E-state index in [9.17, 15) is 0 Å². The van der Waals surface area contributed by atoms with Gasteiger partial charge in [0.2, 0.25) is 0 Å². The predicted octanol–water partition coefficient (Wildman–Crippen LogP) is 2.95. The van der Waals surface area contributed by atoms with Crippen molar-refractivity contribution in [2.75, 3.05) is 6.61 Å². The molecule has 1 aromatic rings. The molecule has 1 rings (SSSR count). The van der Waals surface area contributed by atoms with Crippen LogP contribution in [-0.4, -0.2) is 11.7 Å². The second-order valence-corrected chi connectivity index (χ2v) is 3.75. The molecule has 0 heterocycles. The van der Waals surface area contributed by atoms with Crippen LogP contribution >= 0.6 is 0 Å². The molecule has 0 spiro atoms. The van der Waals surface area contributed by atoms with Crippen molar-refractivity contribution in [3.63, 3.8) is 0 Å². The lowest BCUT2D eigenvalue weighted by atomic mass is 10.0. The first kappa shape index (κ1) is 11.3. The molecule has 1 nitrogen and oxygen atoms in total. The van der Waals surface area contributed by atoms with Crippen molar-refractivity contribution >= 4 is 0 Å². The van der Waals surface area contributed by atoms with Crippen molar-refractivity contribution in [2.45, 2.75) is 39.0 Å². The fourth-order valence-corrected chi connectivity index (χ4v) is 1.54. The van der Waals surface area contributed by atoms with Crippen LogP contribution in [0.2, 0.25) is 0 Å². The van der Waals surface area contributed by atoms with Gasteiger partial charge in [0.05, 0.1) is 0 Å². The maximum absolute atomic E-state index is 8.70. The van der Waals surface area contributed by atoms with E-state index >= 15 is 0 Å². The van der Waals surface area contributed by atoms with Crippen LogP contribution in [0.5, 0.6) is 0 Å². The van der Waals surface area contributed by atoms with E-state index in [-0.39, 0.29) is 6.61 Å². The standard InChI is InChI=1S/C13H20O/c1-2-3-5-12-7-9-13(10-8-12)6-4-11-14/h7-10,14H,2-6,11H2,1H3. The highest BCUT2D eigenvalue weighted by Gasteiger charge is 1.94. The molecule has 0 aliphatic carbocycles. The van der Waals surface area contributed by atoms with Crippen molar-refractivity contribution in [3.05, 3.63) is 35.4 Å². The summed E-state index contributed by atoms with van der Waals surface area (Å²) < 4.78 is 0. The molecule has 78 valence electrons. The number of hydrogen-bond donors (Lipinski definition) is 1. The number of aliphatic hydroxyl groups excluding tert-OH is 1. The zero-order valence-electron chi connectivity index (χ0n) is 9.00. The molecule has 0 saturated heterocycles. The van der Waals surface area contributed by atoms with Crippen molar-refractivity contribution in [3.8, 4) is 0 Å². The van der Waals surface area contributed by atoms with Gasteiger partial charge in [-0.15, -0.1) is 0 Å². The number of unbranched alkanes of at least 4 members (excludes halogenated alkanes) is 1. The molecule has 0 amide bonds. The first-order valence-electron chi connectivity index (χ1n) is 5.55. The lowest BCUT2D eigenvalue weighted by Gasteiger charge is -2.02. The molecule has 0 bridgehead atoms. The fraction of sp³-hybridized carbons (Fsp3) is 0.538. The van der Waals surface area contributed by atoms with E-state index in [0.717, 1.165) is 12.8 Å². The number of aliphatic hydroxyl groups is 1. The minimum absolute atomic E-state index is 0.289. The van der Waals surface area contributed by atoms with Crippen molar-refractivity contribution < 1.29 is 5.11 Å². The van der Waals surface area contributed by atoms with Crippen LogP contribution in [0.15, 0.2) is 24.3 Å². The minimum Gasteiger partial charge on any atom is -0.396 e. The summed E-state index contributed by atoms with van der Waals surface area (Å²) >= 11 is 0. The summed E-state index contributed by atoms with van der Waals surface area (Å²) in [6.45, 7) is 2.51. The van der Waals surface area contributed by atoms with E-state index in [1.807, 2.05) is 0 Å². The molecule has 1 aromatic carbocycles. The van der Waals surface area contributed by atoms with Gasteiger partial charge < -0.3 is 5.11 Å². The van der Waals surface area contributed by atoms with Crippen LogP contribution in [0.4, 0.5) is 0 Å². The van der Waals surface area contributed by atoms with Crippen LogP contribution in [0, 0.1) is 0 Å². The Morgan fingerprint density at radius 1 is 0.929 bits per heavy atom. The van der Waals surface area contributed by atoms with Gasteiger partial charge >= 0.3 is 0 Å². The number of hydrogen-bond acceptors (Lipinski definition) is 1. The van der Waals surface area contributed by atoms with E-state index in [0.29, 0.717) is 0 Å². The summed E-state index contributed by atoms with van der Waals surface area (Å²) in [6, 6.07) is 8.78. The molecular weight excluding hydrogens is 172 g/mol. The maximum atomic E-state index is 8.70. The third kappa shape index (κ3) is 3.93. The zero-order valence-corrected chi connectivity index (χ0v) is 9.00. The molecule has 14 heavy (non-hydrogen) atoms. The molecule has 1 heteroatoms. The van der Waals surface area contributed by atoms with Crippen molar-refractivity contribution in [1.29, 1.82) is 0 Å². The molecule has 0 unspecified atom stereocenters. The first-order valence-corrected chi connectivity index (χ1v) is 5.55. The third-order valence-corrected chi connectivity index (χ3v) is 2.47. The van der Waals surface area contributed by atoms with Gasteiger partial charge in [0, 0.05) is 6.61 Å². The molecule has 0 saturated carbocycles. The van der Waals surface area contributed by atoms with Gasteiger partial charge in [0.1, 0.15) is 0 Å². The molecule has 0 radical (unpaired) electrons. The average Bonchev–Trinajstić information content (AvgIpc) is 2.25. The summed E-state index contributed by atoms with van der Waals surface area (Å²) in [7, 11) is 0. The highest BCUT2D eigenvalue weighted by Crippen LogP contribution is 2.09. The monoisotopic (exact) mass is 192 g/mol. The van der Waals surface area contributed by atoms with Gasteiger partial charge in [0.15, 0.2) is 0 Å². The van der Waals surface area contributed by atoms with Gasteiger partial charge in [-0.25, -0.2) is 0 Å². The van der Waals surface area contributed by atoms with Crippen LogP contribution in [0.1, 0.15) is 37.3 Å². The van der Waals surface area contributed by atoms with Gasteiger partial charge in [-0.3, -0.25) is 0 Å². The molecule has 0 atom stereocenters. The summed E-state index contributed by atoms with van der Waals surface area (Å²) in [5, 5.41) is 8.70. The Labute approximate surface area is 86.8 Å². The zero-order chi connectivity index (χ0) is 10.2. The van der Waals surface area contributed by atoms with Gasteiger partial charge in [-0.05, 0) is 36.8 Å². The molecule has 0 aliphatic rings. The van der Waals surface area contributed by atoms with Crippen LogP contribution in [-0.2, 0) is 12.8 Å². The van der Waals surface area contributed by atoms with E-state index in [1.54, 1.807) is 0 Å². The smallest absolute Gasteiger partial charge is 0.0434 e. The summed E-state index contributed by atoms with van der Waals surface area (Å²) in [5.74, 6) is 0. The second kappa shape index (κ2) is 6.61. The Balaban J connectivity index is 2.42. The normalized spacial score (nSPS) is 10.4. The highest BCUT2D eigenvalue weighted by atomic mass is 16.2. The van der Waals surface area contributed by atoms with Gasteiger partial charge in [0.25, 0.3) is 0 Å². The molecule has 0 fully saturated rings. The Morgan fingerprint density at radius 3 is 1.86 bits per heavy atom. The fourth-order valence-electron chi connectivity index (χ4n) is 1.54. The number of aryl methyl sites for hydroxylation is 2. The lowest BCUT2D eigenvalue weighted by Crippen LogP contribution is -1.90. The van der Waals surface area contributed by atoms with E-state index in [4.69, 9.17) is 5.11 Å². The summed E-state index contributed by atoms with van der Waals surface area (Å²) in [5.41, 5.74) is 2.76.